The number of nitrogens with one attached hydrogen (secondary N) is 1. The lowest BCUT2D eigenvalue weighted by molar-refractivity contribution is -0.134. The van der Waals surface area contributed by atoms with E-state index in [4.69, 9.17) is 9.84 Å². The molecule has 1 aromatic carbocycles. The lowest BCUT2D eigenvalue weighted by Gasteiger charge is -2.08. The van der Waals surface area contributed by atoms with Crippen LogP contribution < -0.4 is 10.1 Å². The molecule has 0 atom stereocenters. The smallest absolute Gasteiger partial charge is 0.322 e. The first-order chi connectivity index (χ1) is 10.6. The van der Waals surface area contributed by atoms with E-state index in [2.05, 4.69) is 22.2 Å². The minimum atomic E-state index is -0.955. The van der Waals surface area contributed by atoms with Gasteiger partial charge in [-0.3, -0.25) is 4.79 Å². The number of aromatic nitrogens is 2. The summed E-state index contributed by atoms with van der Waals surface area (Å²) in [5, 5.41) is 11.4. The monoisotopic (exact) mass is 301 g/mol. The van der Waals surface area contributed by atoms with Crippen LogP contribution in [0, 0.1) is 6.92 Å². The van der Waals surface area contributed by atoms with Crippen LogP contribution in [-0.4, -0.2) is 34.2 Å². The molecule has 1 aromatic heterocycles. The van der Waals surface area contributed by atoms with E-state index in [-0.39, 0.29) is 6.54 Å². The van der Waals surface area contributed by atoms with Gasteiger partial charge in [0, 0.05) is 11.3 Å². The summed E-state index contributed by atoms with van der Waals surface area (Å²) in [6, 6.07) is 9.49. The molecule has 0 radical (unpaired) electrons. The molecule has 0 spiro atoms. The molecule has 6 nitrogen and oxygen atoms in total. The Bertz CT molecular complexity index is 642. The average Bonchev–Trinajstić information content (AvgIpc) is 2.51. The Hall–Kier alpha value is -2.63. The van der Waals surface area contributed by atoms with Gasteiger partial charge in [-0.1, -0.05) is 6.92 Å². The first-order valence-corrected chi connectivity index (χ1v) is 7.13. The molecular weight excluding hydrogens is 282 g/mol. The maximum atomic E-state index is 10.6. The molecule has 0 fully saturated rings. The number of benzene rings is 1. The first kappa shape index (κ1) is 15.8. The van der Waals surface area contributed by atoms with Gasteiger partial charge in [-0.2, -0.15) is 0 Å². The number of nitrogens with zero attached hydrogens (tertiary/aromatic N) is 2. The number of aryl methyl sites for hydroxylation is 1. The van der Waals surface area contributed by atoms with Gasteiger partial charge in [-0.15, -0.1) is 0 Å². The van der Waals surface area contributed by atoms with Crippen LogP contribution in [0.5, 0.6) is 5.75 Å². The van der Waals surface area contributed by atoms with Crippen LogP contribution >= 0.6 is 0 Å². The third kappa shape index (κ3) is 4.44. The molecule has 2 rings (SSSR count). The zero-order valence-electron chi connectivity index (χ0n) is 12.7. The fourth-order valence-electron chi connectivity index (χ4n) is 1.89. The summed E-state index contributed by atoms with van der Waals surface area (Å²) in [7, 11) is 0. The van der Waals surface area contributed by atoms with Crippen molar-refractivity contribution in [3.8, 4) is 17.0 Å². The number of carboxylic acids is 1. The van der Waals surface area contributed by atoms with Crippen LogP contribution in [-0.2, 0) is 4.79 Å². The fourth-order valence-corrected chi connectivity index (χ4v) is 1.89. The molecular formula is C16H19N3O3. The number of ether oxygens (including phenoxy) is 1. The van der Waals surface area contributed by atoms with E-state index in [1.807, 2.05) is 37.3 Å². The van der Waals surface area contributed by atoms with Crippen molar-refractivity contribution in [2.75, 3.05) is 18.5 Å². The SMILES string of the molecule is CCCOc1ccc(-c2cc(C)nc(NCC(=O)O)n2)cc1. The molecule has 116 valence electrons. The van der Waals surface area contributed by atoms with Gasteiger partial charge < -0.3 is 15.2 Å². The Labute approximate surface area is 129 Å². The summed E-state index contributed by atoms with van der Waals surface area (Å²) < 4.78 is 5.55. The molecule has 2 aromatic rings. The number of hydrogen-bond acceptors (Lipinski definition) is 5. The number of rotatable bonds is 7. The lowest BCUT2D eigenvalue weighted by Crippen LogP contribution is -2.14. The normalized spacial score (nSPS) is 10.3. The second-order valence-corrected chi connectivity index (χ2v) is 4.84. The van der Waals surface area contributed by atoms with E-state index in [9.17, 15) is 4.79 Å². The Kier molecular flexibility index (Phi) is 5.30. The van der Waals surface area contributed by atoms with E-state index in [0.717, 1.165) is 29.1 Å². The van der Waals surface area contributed by atoms with Crippen LogP contribution in [0.1, 0.15) is 19.0 Å². The maximum Gasteiger partial charge on any atom is 0.322 e. The summed E-state index contributed by atoms with van der Waals surface area (Å²) in [5.74, 6) is 0.174. The number of carboxylic acid groups (broad SMARTS) is 1. The Balaban J connectivity index is 2.18. The average molecular weight is 301 g/mol. The van der Waals surface area contributed by atoms with E-state index in [1.165, 1.54) is 0 Å². The molecule has 2 N–H and O–H groups in total. The molecule has 0 aliphatic rings. The lowest BCUT2D eigenvalue weighted by atomic mass is 10.1. The van der Waals surface area contributed by atoms with Gasteiger partial charge in [0.2, 0.25) is 5.95 Å². The van der Waals surface area contributed by atoms with Crippen molar-refractivity contribution in [2.45, 2.75) is 20.3 Å². The van der Waals surface area contributed by atoms with Gasteiger partial charge in [0.05, 0.1) is 12.3 Å². The van der Waals surface area contributed by atoms with Crippen molar-refractivity contribution in [3.05, 3.63) is 36.0 Å². The highest BCUT2D eigenvalue weighted by molar-refractivity contribution is 5.72. The summed E-state index contributed by atoms with van der Waals surface area (Å²) in [6.45, 7) is 4.38. The summed E-state index contributed by atoms with van der Waals surface area (Å²) in [5.41, 5.74) is 2.43. The highest BCUT2D eigenvalue weighted by atomic mass is 16.5. The topological polar surface area (TPSA) is 84.3 Å². The van der Waals surface area contributed by atoms with Crippen molar-refractivity contribution in [2.24, 2.45) is 0 Å². The largest absolute Gasteiger partial charge is 0.494 e. The highest BCUT2D eigenvalue weighted by Crippen LogP contribution is 2.22. The third-order valence-electron chi connectivity index (χ3n) is 2.87. The van der Waals surface area contributed by atoms with Gasteiger partial charge in [0.15, 0.2) is 0 Å². The van der Waals surface area contributed by atoms with Crippen LogP contribution in [0.2, 0.25) is 0 Å². The number of hydrogen-bond donors (Lipinski definition) is 2. The van der Waals surface area contributed by atoms with Gasteiger partial charge in [-0.25, -0.2) is 9.97 Å². The predicted octanol–water partition coefficient (Wildman–Crippen LogP) is 2.74. The van der Waals surface area contributed by atoms with Gasteiger partial charge in [-0.05, 0) is 43.7 Å². The summed E-state index contributed by atoms with van der Waals surface area (Å²) >= 11 is 0. The van der Waals surface area contributed by atoms with Crippen LogP contribution in [0.25, 0.3) is 11.3 Å². The van der Waals surface area contributed by atoms with Crippen molar-refractivity contribution >= 4 is 11.9 Å². The molecule has 0 saturated carbocycles. The van der Waals surface area contributed by atoms with Crippen molar-refractivity contribution < 1.29 is 14.6 Å². The van der Waals surface area contributed by atoms with Gasteiger partial charge in [0.25, 0.3) is 0 Å². The van der Waals surface area contributed by atoms with E-state index < -0.39 is 5.97 Å². The quantitative estimate of drug-likeness (QED) is 0.818. The molecule has 0 unspecified atom stereocenters. The summed E-state index contributed by atoms with van der Waals surface area (Å²) in [6.07, 6.45) is 0.964. The van der Waals surface area contributed by atoms with Gasteiger partial charge >= 0.3 is 5.97 Å². The predicted molar refractivity (Wildman–Crippen MR) is 84.1 cm³/mol. The van der Waals surface area contributed by atoms with Crippen LogP contribution in [0.15, 0.2) is 30.3 Å². The first-order valence-electron chi connectivity index (χ1n) is 7.13. The van der Waals surface area contributed by atoms with Crippen LogP contribution in [0.4, 0.5) is 5.95 Å². The molecule has 6 heteroatoms. The molecule has 0 aliphatic heterocycles. The second kappa shape index (κ2) is 7.40. The molecule has 0 bridgehead atoms. The van der Waals surface area contributed by atoms with Crippen LogP contribution in [0.3, 0.4) is 0 Å². The summed E-state index contributed by atoms with van der Waals surface area (Å²) in [4.78, 5) is 19.1. The third-order valence-corrected chi connectivity index (χ3v) is 2.87. The van der Waals surface area contributed by atoms with Crippen molar-refractivity contribution in [1.82, 2.24) is 9.97 Å². The zero-order chi connectivity index (χ0) is 15.9. The van der Waals surface area contributed by atoms with Crippen molar-refractivity contribution in [3.63, 3.8) is 0 Å². The molecule has 0 amide bonds. The van der Waals surface area contributed by atoms with E-state index in [0.29, 0.717) is 12.6 Å². The second-order valence-electron chi connectivity index (χ2n) is 4.84. The minimum Gasteiger partial charge on any atom is -0.494 e. The van der Waals surface area contributed by atoms with E-state index in [1.54, 1.807) is 0 Å². The van der Waals surface area contributed by atoms with Crippen molar-refractivity contribution in [1.29, 1.82) is 0 Å². The fraction of sp³-hybridized carbons (Fsp3) is 0.312. The Morgan fingerprint density at radius 2 is 2.00 bits per heavy atom. The number of aliphatic carboxylic acids is 1. The molecule has 0 aliphatic carbocycles. The van der Waals surface area contributed by atoms with Gasteiger partial charge in [0.1, 0.15) is 12.3 Å². The Morgan fingerprint density at radius 3 is 2.64 bits per heavy atom. The maximum absolute atomic E-state index is 10.6. The number of anilines is 1. The zero-order valence-corrected chi connectivity index (χ0v) is 12.7. The minimum absolute atomic E-state index is 0.216. The molecule has 22 heavy (non-hydrogen) atoms. The number of carbonyl (C=O) groups is 1. The molecule has 0 saturated heterocycles. The molecule has 1 heterocycles. The Morgan fingerprint density at radius 1 is 1.27 bits per heavy atom. The highest BCUT2D eigenvalue weighted by Gasteiger charge is 2.06. The standard InChI is InChI=1S/C16H19N3O3/c1-3-8-22-13-6-4-12(5-7-13)14-9-11(2)18-16(19-14)17-10-15(20)21/h4-7,9H,3,8,10H2,1-2H3,(H,20,21)(H,17,18,19). The van der Waals surface area contributed by atoms with E-state index >= 15 is 0 Å².